The maximum atomic E-state index is 11.4. The molecule has 0 unspecified atom stereocenters. The van der Waals surface area contributed by atoms with Crippen LogP contribution in [0.1, 0.15) is 12.6 Å². The van der Waals surface area contributed by atoms with Gasteiger partial charge in [-0.2, -0.15) is 0 Å². The molecule has 5 nitrogen and oxygen atoms in total. The number of carbonyl (C=O) groups is 1. The highest BCUT2D eigenvalue weighted by Gasteiger charge is 2.35. The summed E-state index contributed by atoms with van der Waals surface area (Å²) in [6.07, 6.45) is 1.62. The summed E-state index contributed by atoms with van der Waals surface area (Å²) < 4.78 is 12.1. The minimum absolute atomic E-state index is 0.280. The summed E-state index contributed by atoms with van der Waals surface area (Å²) in [7, 11) is 3.25. The van der Waals surface area contributed by atoms with Gasteiger partial charge in [0.2, 0.25) is 5.90 Å². The molecular weight excluding hydrogens is 208 g/mol. The Kier molecular flexibility index (Phi) is 2.68. The summed E-state index contributed by atoms with van der Waals surface area (Å²) >= 11 is 0. The molecule has 0 saturated carbocycles. The predicted molar refractivity (Wildman–Crippen MR) is 58.3 cm³/mol. The first-order valence-corrected chi connectivity index (χ1v) is 5.07. The van der Waals surface area contributed by atoms with Crippen LogP contribution in [0.3, 0.4) is 0 Å². The van der Waals surface area contributed by atoms with E-state index in [0.29, 0.717) is 5.90 Å². The topological polar surface area (TPSA) is 52.8 Å². The fraction of sp³-hybridized carbons (Fsp3) is 0.455. The molecule has 1 aromatic heterocycles. The molecule has 5 heteroatoms. The zero-order chi connectivity index (χ0) is 11.7. The van der Waals surface area contributed by atoms with E-state index in [2.05, 4.69) is 9.73 Å². The Morgan fingerprint density at radius 2 is 2.38 bits per heavy atom. The van der Waals surface area contributed by atoms with Crippen LogP contribution >= 0.6 is 0 Å². The molecule has 0 aromatic carbocycles. The highest BCUT2D eigenvalue weighted by atomic mass is 16.5. The molecule has 0 radical (unpaired) electrons. The summed E-state index contributed by atoms with van der Waals surface area (Å²) in [6.45, 7) is 1.81. The molecule has 0 bridgehead atoms. The fourth-order valence-electron chi connectivity index (χ4n) is 1.68. The van der Waals surface area contributed by atoms with Crippen molar-refractivity contribution in [3.63, 3.8) is 0 Å². The van der Waals surface area contributed by atoms with E-state index >= 15 is 0 Å². The molecule has 0 N–H and O–H groups in total. The van der Waals surface area contributed by atoms with Crippen molar-refractivity contribution in [2.75, 3.05) is 7.11 Å². The van der Waals surface area contributed by atoms with Gasteiger partial charge in [-0.25, -0.2) is 9.79 Å². The van der Waals surface area contributed by atoms with Gasteiger partial charge in [-0.05, 0) is 19.1 Å². The lowest BCUT2D eigenvalue weighted by molar-refractivity contribution is -0.143. The van der Waals surface area contributed by atoms with Crippen LogP contribution in [-0.2, 0) is 21.3 Å². The van der Waals surface area contributed by atoms with Crippen LogP contribution < -0.4 is 0 Å². The zero-order valence-corrected chi connectivity index (χ0v) is 9.51. The van der Waals surface area contributed by atoms with Crippen LogP contribution in [-0.4, -0.2) is 35.7 Å². The number of aromatic nitrogens is 1. The largest absolute Gasteiger partial charge is 0.470 e. The zero-order valence-electron chi connectivity index (χ0n) is 9.51. The Labute approximate surface area is 93.7 Å². The van der Waals surface area contributed by atoms with Crippen molar-refractivity contribution in [3.8, 4) is 0 Å². The SMILES string of the molecule is COC(=O)[C@@H]1N=C(c2cccn2C)O[C@@H]1C. The first-order valence-electron chi connectivity index (χ1n) is 5.07. The molecule has 2 heterocycles. The fourth-order valence-corrected chi connectivity index (χ4v) is 1.68. The van der Waals surface area contributed by atoms with Crippen LogP contribution in [0.25, 0.3) is 0 Å². The number of aliphatic imine (C=N–C) groups is 1. The first-order chi connectivity index (χ1) is 7.63. The van der Waals surface area contributed by atoms with E-state index in [1.165, 1.54) is 7.11 Å². The number of methoxy groups -OCH3 is 1. The third-order valence-corrected chi connectivity index (χ3v) is 2.60. The van der Waals surface area contributed by atoms with Gasteiger partial charge in [0.1, 0.15) is 11.8 Å². The third kappa shape index (κ3) is 1.68. The highest BCUT2D eigenvalue weighted by molar-refractivity contribution is 5.96. The average molecular weight is 222 g/mol. The van der Waals surface area contributed by atoms with Gasteiger partial charge in [-0.15, -0.1) is 0 Å². The summed E-state index contributed by atoms with van der Waals surface area (Å²) in [5.74, 6) is 0.132. The lowest BCUT2D eigenvalue weighted by Gasteiger charge is -2.10. The molecule has 0 fully saturated rings. The maximum Gasteiger partial charge on any atom is 0.334 e. The molecule has 1 aliphatic heterocycles. The Bertz CT molecular complexity index is 436. The van der Waals surface area contributed by atoms with Gasteiger partial charge >= 0.3 is 5.97 Å². The summed E-state index contributed by atoms with van der Waals surface area (Å²) in [5, 5.41) is 0. The summed E-state index contributed by atoms with van der Waals surface area (Å²) in [6, 6.07) is 3.23. The van der Waals surface area contributed by atoms with Gasteiger partial charge in [0.05, 0.1) is 7.11 Å². The second kappa shape index (κ2) is 4.00. The van der Waals surface area contributed by atoms with E-state index in [9.17, 15) is 4.79 Å². The number of carbonyl (C=O) groups excluding carboxylic acids is 1. The Morgan fingerprint density at radius 1 is 1.62 bits per heavy atom. The van der Waals surface area contributed by atoms with Gasteiger partial charge in [0, 0.05) is 13.2 Å². The van der Waals surface area contributed by atoms with Crippen LogP contribution in [0.5, 0.6) is 0 Å². The Morgan fingerprint density at radius 3 is 2.94 bits per heavy atom. The Hall–Kier alpha value is -1.78. The van der Waals surface area contributed by atoms with Gasteiger partial charge in [0.15, 0.2) is 6.04 Å². The average Bonchev–Trinajstić information content (AvgIpc) is 2.83. The lowest BCUT2D eigenvalue weighted by atomic mass is 10.2. The predicted octanol–water partition coefficient (Wildman–Crippen LogP) is 0.732. The van der Waals surface area contributed by atoms with E-state index in [1.807, 2.05) is 29.9 Å². The minimum Gasteiger partial charge on any atom is -0.470 e. The molecule has 1 aliphatic rings. The number of aryl methyl sites for hydroxylation is 1. The normalized spacial score (nSPS) is 23.8. The monoisotopic (exact) mass is 222 g/mol. The molecule has 1 aromatic rings. The molecule has 86 valence electrons. The molecule has 0 aliphatic carbocycles. The second-order valence-corrected chi connectivity index (χ2v) is 3.73. The van der Waals surface area contributed by atoms with Crippen molar-refractivity contribution in [2.45, 2.75) is 19.1 Å². The second-order valence-electron chi connectivity index (χ2n) is 3.73. The van der Waals surface area contributed by atoms with E-state index in [0.717, 1.165) is 5.69 Å². The number of hydrogen-bond acceptors (Lipinski definition) is 4. The maximum absolute atomic E-state index is 11.4. The standard InChI is InChI=1S/C11H14N2O3/c1-7-9(11(14)15-3)12-10(16-7)8-5-4-6-13(8)2/h4-7,9H,1-3H3/t7-,9-/m1/s1. The molecular formula is C11H14N2O3. The number of nitrogens with zero attached hydrogens (tertiary/aromatic N) is 2. The van der Waals surface area contributed by atoms with E-state index < -0.39 is 6.04 Å². The van der Waals surface area contributed by atoms with Crippen LogP contribution in [0, 0.1) is 0 Å². The number of hydrogen-bond donors (Lipinski definition) is 0. The molecule has 2 atom stereocenters. The van der Waals surface area contributed by atoms with Gasteiger partial charge < -0.3 is 14.0 Å². The van der Waals surface area contributed by atoms with Gasteiger partial charge in [-0.1, -0.05) is 0 Å². The first kappa shape index (κ1) is 10.7. The van der Waals surface area contributed by atoms with Crippen molar-refractivity contribution in [1.82, 2.24) is 4.57 Å². The summed E-state index contributed by atoms with van der Waals surface area (Å²) in [5.41, 5.74) is 0.859. The molecule has 16 heavy (non-hydrogen) atoms. The van der Waals surface area contributed by atoms with Crippen LogP contribution in [0.2, 0.25) is 0 Å². The van der Waals surface area contributed by atoms with E-state index in [4.69, 9.17) is 4.74 Å². The number of esters is 1. The molecule has 0 amide bonds. The highest BCUT2D eigenvalue weighted by Crippen LogP contribution is 2.18. The van der Waals surface area contributed by atoms with Crippen molar-refractivity contribution in [1.29, 1.82) is 0 Å². The Balaban J connectivity index is 2.26. The smallest absolute Gasteiger partial charge is 0.334 e. The molecule has 0 spiro atoms. The third-order valence-electron chi connectivity index (χ3n) is 2.60. The van der Waals surface area contributed by atoms with Crippen LogP contribution in [0.4, 0.5) is 0 Å². The molecule has 2 rings (SSSR count). The van der Waals surface area contributed by atoms with Crippen molar-refractivity contribution < 1.29 is 14.3 Å². The van der Waals surface area contributed by atoms with E-state index in [1.54, 1.807) is 6.92 Å². The van der Waals surface area contributed by atoms with Crippen molar-refractivity contribution in [3.05, 3.63) is 24.0 Å². The van der Waals surface area contributed by atoms with Crippen molar-refractivity contribution >= 4 is 11.9 Å². The molecule has 0 saturated heterocycles. The quantitative estimate of drug-likeness (QED) is 0.693. The van der Waals surface area contributed by atoms with Crippen LogP contribution in [0.15, 0.2) is 23.3 Å². The summed E-state index contributed by atoms with van der Waals surface area (Å²) in [4.78, 5) is 15.7. The lowest BCUT2D eigenvalue weighted by Crippen LogP contribution is -2.28. The van der Waals surface area contributed by atoms with Crippen molar-refractivity contribution in [2.24, 2.45) is 12.0 Å². The number of ether oxygens (including phenoxy) is 2. The van der Waals surface area contributed by atoms with Gasteiger partial charge in [-0.3, -0.25) is 0 Å². The minimum atomic E-state index is -0.560. The number of rotatable bonds is 2. The van der Waals surface area contributed by atoms with E-state index in [-0.39, 0.29) is 12.1 Å². The van der Waals surface area contributed by atoms with Gasteiger partial charge in [0.25, 0.3) is 0 Å².